The predicted octanol–water partition coefficient (Wildman–Crippen LogP) is 2.38. The molecule has 0 saturated heterocycles. The maximum absolute atomic E-state index is 12.6. The van der Waals surface area contributed by atoms with Crippen LogP contribution in [-0.2, 0) is 17.6 Å². The van der Waals surface area contributed by atoms with Gasteiger partial charge in [-0.15, -0.1) is 0 Å². The molecule has 2 aromatic rings. The molecule has 112 valence electrons. The zero-order valence-corrected chi connectivity index (χ0v) is 12.1. The Morgan fingerprint density at radius 2 is 1.77 bits per heavy atom. The summed E-state index contributed by atoms with van der Waals surface area (Å²) in [6, 6.07) is 16.0. The third kappa shape index (κ3) is 2.72. The number of fused-ring (bicyclic) bond motifs is 1. The summed E-state index contributed by atoms with van der Waals surface area (Å²) in [6.07, 6.45) is 1.02. The highest BCUT2D eigenvalue weighted by Gasteiger charge is 2.33. The van der Waals surface area contributed by atoms with Crippen LogP contribution in [0, 0.1) is 0 Å². The fourth-order valence-electron chi connectivity index (χ4n) is 2.91. The van der Waals surface area contributed by atoms with Crippen LogP contribution in [0.3, 0.4) is 0 Å². The number of carboxylic acid groups (broad SMARTS) is 1. The summed E-state index contributed by atoms with van der Waals surface area (Å²) in [5.41, 5.74) is 2.53. The fourth-order valence-corrected chi connectivity index (χ4v) is 2.91. The molecule has 3 rings (SSSR count). The molecular weight excluding hydrogens is 278 g/mol. The minimum Gasteiger partial charge on any atom is -0.480 e. The summed E-state index contributed by atoms with van der Waals surface area (Å²) in [4.78, 5) is 25.8. The fraction of sp³-hybridized carbons (Fsp3) is 0.222. The molecule has 1 aliphatic heterocycles. The average molecular weight is 295 g/mol. The third-order valence-electron chi connectivity index (χ3n) is 4.06. The number of amides is 1. The van der Waals surface area contributed by atoms with Gasteiger partial charge in [0.2, 0.25) is 0 Å². The number of carboxylic acids is 1. The van der Waals surface area contributed by atoms with Crippen molar-refractivity contribution in [2.75, 3.05) is 6.54 Å². The molecule has 0 spiro atoms. The second-order valence-electron chi connectivity index (χ2n) is 5.45. The lowest BCUT2D eigenvalue weighted by molar-refractivity contribution is -0.142. The SMILES string of the molecule is O=C(O)[C@H](Cc1ccccc1)N1CCc2ccccc2C1=O. The average Bonchev–Trinajstić information content (AvgIpc) is 2.54. The lowest BCUT2D eigenvalue weighted by atomic mass is 9.96. The van der Waals surface area contributed by atoms with Gasteiger partial charge in [-0.25, -0.2) is 4.79 Å². The Bertz CT molecular complexity index is 696. The van der Waals surface area contributed by atoms with Crippen LogP contribution in [0.4, 0.5) is 0 Å². The van der Waals surface area contributed by atoms with Gasteiger partial charge in [0.15, 0.2) is 0 Å². The number of carbonyl (C=O) groups is 2. The van der Waals surface area contributed by atoms with Gasteiger partial charge in [-0.3, -0.25) is 4.79 Å². The van der Waals surface area contributed by atoms with Gasteiger partial charge >= 0.3 is 5.97 Å². The molecular formula is C18H17NO3. The maximum atomic E-state index is 12.6. The highest BCUT2D eigenvalue weighted by Crippen LogP contribution is 2.22. The van der Waals surface area contributed by atoms with E-state index in [9.17, 15) is 14.7 Å². The summed E-state index contributed by atoms with van der Waals surface area (Å²) >= 11 is 0. The summed E-state index contributed by atoms with van der Waals surface area (Å²) < 4.78 is 0. The van der Waals surface area contributed by atoms with E-state index in [0.29, 0.717) is 24.9 Å². The van der Waals surface area contributed by atoms with Gasteiger partial charge in [-0.2, -0.15) is 0 Å². The zero-order chi connectivity index (χ0) is 15.5. The van der Waals surface area contributed by atoms with E-state index in [1.54, 1.807) is 6.07 Å². The number of benzene rings is 2. The van der Waals surface area contributed by atoms with Crippen LogP contribution in [-0.4, -0.2) is 34.5 Å². The Balaban J connectivity index is 1.87. The largest absolute Gasteiger partial charge is 0.480 e. The van der Waals surface area contributed by atoms with E-state index in [2.05, 4.69) is 0 Å². The Morgan fingerprint density at radius 1 is 1.09 bits per heavy atom. The molecule has 4 nitrogen and oxygen atoms in total. The van der Waals surface area contributed by atoms with Crippen molar-refractivity contribution in [2.24, 2.45) is 0 Å². The Morgan fingerprint density at radius 3 is 2.50 bits per heavy atom. The first-order valence-electron chi connectivity index (χ1n) is 7.32. The van der Waals surface area contributed by atoms with Crippen molar-refractivity contribution >= 4 is 11.9 Å². The van der Waals surface area contributed by atoms with Crippen LogP contribution in [0.5, 0.6) is 0 Å². The summed E-state index contributed by atoms with van der Waals surface area (Å²) in [7, 11) is 0. The molecule has 2 aromatic carbocycles. The lowest BCUT2D eigenvalue weighted by Crippen LogP contribution is -2.49. The van der Waals surface area contributed by atoms with Crippen molar-refractivity contribution in [1.29, 1.82) is 0 Å². The van der Waals surface area contributed by atoms with E-state index in [-0.39, 0.29) is 5.91 Å². The first kappa shape index (κ1) is 14.3. The van der Waals surface area contributed by atoms with Crippen LogP contribution in [0.2, 0.25) is 0 Å². The van der Waals surface area contributed by atoms with E-state index in [1.807, 2.05) is 48.5 Å². The molecule has 22 heavy (non-hydrogen) atoms. The summed E-state index contributed by atoms with van der Waals surface area (Å²) in [5.74, 6) is -1.15. The monoisotopic (exact) mass is 295 g/mol. The molecule has 0 aromatic heterocycles. The molecule has 1 N–H and O–H groups in total. The normalized spacial score (nSPS) is 15.3. The number of hydrogen-bond donors (Lipinski definition) is 1. The van der Waals surface area contributed by atoms with Crippen LogP contribution in [0.15, 0.2) is 54.6 Å². The van der Waals surface area contributed by atoms with E-state index in [4.69, 9.17) is 0 Å². The van der Waals surface area contributed by atoms with Gasteiger partial charge in [-0.1, -0.05) is 48.5 Å². The van der Waals surface area contributed by atoms with Crippen molar-refractivity contribution in [3.8, 4) is 0 Å². The molecule has 1 aliphatic rings. The molecule has 1 amide bonds. The van der Waals surface area contributed by atoms with Crippen LogP contribution in [0.25, 0.3) is 0 Å². The molecule has 1 atom stereocenters. The molecule has 0 bridgehead atoms. The first-order valence-corrected chi connectivity index (χ1v) is 7.32. The Kier molecular flexibility index (Phi) is 3.92. The minimum atomic E-state index is -0.961. The predicted molar refractivity (Wildman–Crippen MR) is 82.8 cm³/mol. The summed E-state index contributed by atoms with van der Waals surface area (Å²) in [6.45, 7) is 0.444. The van der Waals surface area contributed by atoms with Gasteiger partial charge < -0.3 is 10.0 Å². The van der Waals surface area contributed by atoms with E-state index >= 15 is 0 Å². The Labute approximate surface area is 129 Å². The highest BCUT2D eigenvalue weighted by molar-refractivity contribution is 5.98. The standard InChI is InChI=1S/C18H17NO3/c20-17-15-9-5-4-8-14(15)10-11-19(17)16(18(21)22)12-13-6-2-1-3-7-13/h1-9,16H,10-12H2,(H,21,22)/t16-/m0/s1. The van der Waals surface area contributed by atoms with E-state index < -0.39 is 12.0 Å². The molecule has 0 fully saturated rings. The quantitative estimate of drug-likeness (QED) is 0.942. The van der Waals surface area contributed by atoms with Crippen LogP contribution >= 0.6 is 0 Å². The molecule has 0 radical (unpaired) electrons. The lowest BCUT2D eigenvalue weighted by Gasteiger charge is -2.33. The molecule has 4 heteroatoms. The minimum absolute atomic E-state index is 0.190. The topological polar surface area (TPSA) is 57.6 Å². The van der Waals surface area contributed by atoms with Crippen molar-refractivity contribution in [3.05, 3.63) is 71.3 Å². The van der Waals surface area contributed by atoms with Crippen LogP contribution in [0.1, 0.15) is 21.5 Å². The first-order chi connectivity index (χ1) is 10.7. The summed E-state index contributed by atoms with van der Waals surface area (Å²) in [5, 5.41) is 9.56. The molecule has 0 aliphatic carbocycles. The highest BCUT2D eigenvalue weighted by atomic mass is 16.4. The third-order valence-corrected chi connectivity index (χ3v) is 4.06. The van der Waals surface area contributed by atoms with E-state index in [1.165, 1.54) is 4.90 Å². The number of hydrogen-bond acceptors (Lipinski definition) is 2. The van der Waals surface area contributed by atoms with Gasteiger partial charge in [0, 0.05) is 18.5 Å². The molecule has 0 saturated carbocycles. The number of rotatable bonds is 4. The smallest absolute Gasteiger partial charge is 0.326 e. The number of nitrogens with zero attached hydrogens (tertiary/aromatic N) is 1. The molecule has 0 unspecified atom stereocenters. The van der Waals surface area contributed by atoms with Gasteiger partial charge in [0.1, 0.15) is 6.04 Å². The second-order valence-corrected chi connectivity index (χ2v) is 5.45. The maximum Gasteiger partial charge on any atom is 0.326 e. The van der Waals surface area contributed by atoms with Crippen molar-refractivity contribution in [3.63, 3.8) is 0 Å². The Hall–Kier alpha value is -2.62. The zero-order valence-electron chi connectivity index (χ0n) is 12.1. The number of carbonyl (C=O) groups excluding carboxylic acids is 1. The number of aliphatic carboxylic acids is 1. The van der Waals surface area contributed by atoms with Gasteiger partial charge in [0.25, 0.3) is 5.91 Å². The van der Waals surface area contributed by atoms with Crippen molar-refractivity contribution in [1.82, 2.24) is 4.90 Å². The van der Waals surface area contributed by atoms with Crippen LogP contribution < -0.4 is 0 Å². The van der Waals surface area contributed by atoms with Gasteiger partial charge in [-0.05, 0) is 23.6 Å². The second kappa shape index (κ2) is 6.02. The van der Waals surface area contributed by atoms with E-state index in [0.717, 1.165) is 11.1 Å². The molecule has 1 heterocycles. The van der Waals surface area contributed by atoms with Crippen molar-refractivity contribution < 1.29 is 14.7 Å². The van der Waals surface area contributed by atoms with Gasteiger partial charge in [0.05, 0.1) is 0 Å². The van der Waals surface area contributed by atoms with Crippen molar-refractivity contribution in [2.45, 2.75) is 18.9 Å².